The molecule has 0 N–H and O–H groups in total. The molecule has 31 heavy (non-hydrogen) atoms. The van der Waals surface area contributed by atoms with Gasteiger partial charge in [0.25, 0.3) is 0 Å². The Morgan fingerprint density at radius 3 is 1.52 bits per heavy atom. The summed E-state index contributed by atoms with van der Waals surface area (Å²) in [6, 6.07) is 34.7. The predicted octanol–water partition coefficient (Wildman–Crippen LogP) is 6.18. The number of hydrogen-bond acceptors (Lipinski definition) is 2. The average Bonchev–Trinajstić information content (AvgIpc) is 3.45. The smallest absolute Gasteiger partial charge is 0.162 e. The van der Waals surface area contributed by atoms with Crippen molar-refractivity contribution in [2.24, 2.45) is 0 Å². The van der Waals surface area contributed by atoms with Gasteiger partial charge in [-0.3, -0.25) is 0 Å². The van der Waals surface area contributed by atoms with Crippen LogP contribution in [0.1, 0.15) is 13.8 Å². The Labute approximate surface area is 193 Å². The molecule has 0 heterocycles. The van der Waals surface area contributed by atoms with Gasteiger partial charge in [0, 0.05) is 23.0 Å². The fraction of sp³-hybridized carbons (Fsp3) is 0.0769. The molecule has 2 amide bonds. The molecular weight excluding hydrogens is 428 g/mol. The van der Waals surface area contributed by atoms with Gasteiger partial charge in [-0.15, -0.1) is 24.3 Å². The second-order valence-corrected chi connectivity index (χ2v) is 6.67. The van der Waals surface area contributed by atoms with Crippen molar-refractivity contribution in [1.29, 1.82) is 0 Å². The van der Waals surface area contributed by atoms with E-state index in [0.29, 0.717) is 0 Å². The van der Waals surface area contributed by atoms with Crippen LogP contribution in [0.15, 0.2) is 109 Å². The second-order valence-electron chi connectivity index (χ2n) is 6.67. The van der Waals surface area contributed by atoms with Crippen LogP contribution < -0.4 is 9.80 Å². The number of hydrogen-bond donors (Lipinski definition) is 0. The zero-order valence-corrected chi connectivity index (χ0v) is 18.6. The number of benzene rings is 2. The normalized spacial score (nSPS) is 9.61. The monoisotopic (exact) mass is 452 g/mol. The van der Waals surface area contributed by atoms with Crippen molar-refractivity contribution >= 4 is 34.6 Å². The van der Waals surface area contributed by atoms with E-state index in [2.05, 4.69) is 0 Å². The summed E-state index contributed by atoms with van der Waals surface area (Å²) in [7, 11) is 0. The first kappa shape index (κ1) is 23.9. The number of rotatable bonds is 4. The fourth-order valence-corrected chi connectivity index (χ4v) is 3.21. The van der Waals surface area contributed by atoms with E-state index in [1.165, 1.54) is 0 Å². The van der Waals surface area contributed by atoms with Gasteiger partial charge in [0.05, 0.1) is 0 Å². The van der Waals surface area contributed by atoms with Crippen molar-refractivity contribution in [3.63, 3.8) is 0 Å². The van der Waals surface area contributed by atoms with E-state index < -0.39 is 0 Å². The van der Waals surface area contributed by atoms with Crippen LogP contribution in [0.4, 0.5) is 22.7 Å². The molecule has 4 rings (SSSR count). The van der Waals surface area contributed by atoms with Crippen molar-refractivity contribution in [2.45, 2.75) is 13.8 Å². The first-order chi connectivity index (χ1) is 14.6. The third-order valence-corrected chi connectivity index (χ3v) is 4.47. The molecule has 0 spiro atoms. The summed E-state index contributed by atoms with van der Waals surface area (Å²) in [4.78, 5) is 26.5. The molecule has 0 aromatic heterocycles. The molecule has 0 unspecified atom stereocenters. The van der Waals surface area contributed by atoms with Gasteiger partial charge in [-0.2, -0.15) is 17.8 Å². The van der Waals surface area contributed by atoms with Crippen molar-refractivity contribution in [3.05, 3.63) is 109 Å². The molecular formula is C26H24FeN2O2-6. The molecule has 4 nitrogen and oxygen atoms in total. The van der Waals surface area contributed by atoms with Gasteiger partial charge in [0.1, 0.15) is 0 Å². The molecule has 0 saturated heterocycles. The van der Waals surface area contributed by atoms with Crippen LogP contribution in [-0.2, 0) is 26.7 Å². The molecule has 4 aromatic rings. The molecule has 0 atom stereocenters. The first-order valence-electron chi connectivity index (χ1n) is 9.73. The standard InChI is InChI=1S/2C13H12NO.Fe/c2*1-11(15)14(13-9-5-6-10-13)12-7-3-2-4-8-12;/h2*2-10H,1H3;/q-5;-1;. The van der Waals surface area contributed by atoms with Crippen LogP contribution in [0.3, 0.4) is 0 Å². The Balaban J connectivity index is 0.000000213. The molecule has 4 aromatic carbocycles. The minimum Gasteiger partial charge on any atom is -0.670 e. The minimum atomic E-state index is 0. The SMILES string of the molecule is CC(=O)N(c1ccccc1)[c-]1[cH-][cH-][cH-][cH-]1.CC(=O)N(c1ccccc1)[c-]1cccc1.[Fe]. The Morgan fingerprint density at radius 1 is 0.677 bits per heavy atom. The van der Waals surface area contributed by atoms with E-state index >= 15 is 0 Å². The van der Waals surface area contributed by atoms with Gasteiger partial charge in [0.2, 0.25) is 0 Å². The Hall–Kier alpha value is -3.40. The molecule has 0 aliphatic rings. The fourth-order valence-electron chi connectivity index (χ4n) is 3.21. The van der Waals surface area contributed by atoms with E-state index in [-0.39, 0.29) is 28.9 Å². The number of carbonyl (C=O) groups excluding carboxylic acids is 2. The molecule has 0 saturated carbocycles. The van der Waals surface area contributed by atoms with E-state index in [0.717, 1.165) is 22.7 Å². The van der Waals surface area contributed by atoms with Gasteiger partial charge in [-0.1, -0.05) is 55.5 Å². The maximum Gasteiger partial charge on any atom is 0.162 e. The van der Waals surface area contributed by atoms with Crippen LogP contribution in [0, 0.1) is 0 Å². The topological polar surface area (TPSA) is 40.6 Å². The average molecular weight is 452 g/mol. The maximum absolute atomic E-state index is 11.6. The summed E-state index contributed by atoms with van der Waals surface area (Å²) in [5.74, 6) is 0.0415. The molecule has 0 bridgehead atoms. The zero-order chi connectivity index (χ0) is 21.3. The molecule has 0 aliphatic carbocycles. The largest absolute Gasteiger partial charge is 0.670 e. The van der Waals surface area contributed by atoms with Gasteiger partial charge in [0.15, 0.2) is 5.91 Å². The van der Waals surface area contributed by atoms with Crippen molar-refractivity contribution in [3.8, 4) is 0 Å². The third kappa shape index (κ3) is 6.29. The summed E-state index contributed by atoms with van der Waals surface area (Å²) < 4.78 is 0. The number of anilines is 4. The Morgan fingerprint density at radius 2 is 1.10 bits per heavy atom. The summed E-state index contributed by atoms with van der Waals surface area (Å²) in [5.41, 5.74) is 3.62. The first-order valence-corrected chi connectivity index (χ1v) is 9.73. The zero-order valence-electron chi connectivity index (χ0n) is 17.5. The van der Waals surface area contributed by atoms with E-state index in [4.69, 9.17) is 0 Å². The minimum absolute atomic E-state index is 0. The van der Waals surface area contributed by atoms with Crippen molar-refractivity contribution in [2.75, 3.05) is 9.80 Å². The maximum atomic E-state index is 11.6. The van der Waals surface area contributed by atoms with Crippen molar-refractivity contribution < 1.29 is 26.7 Å². The van der Waals surface area contributed by atoms with Crippen molar-refractivity contribution in [1.82, 2.24) is 0 Å². The van der Waals surface area contributed by atoms with E-state index in [1.807, 2.05) is 109 Å². The van der Waals surface area contributed by atoms with Gasteiger partial charge < -0.3 is 49.3 Å². The number of carbonyl (C=O) groups is 2. The third-order valence-electron chi connectivity index (χ3n) is 4.47. The van der Waals surface area contributed by atoms with Crippen LogP contribution in [-0.4, -0.2) is 11.8 Å². The number of nitrogens with zero attached hydrogens (tertiary/aromatic N) is 2. The second kappa shape index (κ2) is 11.7. The van der Waals surface area contributed by atoms with Gasteiger partial charge >= 0.3 is 0 Å². The molecule has 5 heteroatoms. The number of para-hydroxylation sites is 2. The molecule has 0 aliphatic heterocycles. The van der Waals surface area contributed by atoms with Gasteiger partial charge in [-0.05, 0) is 18.3 Å². The quantitative estimate of drug-likeness (QED) is 0.274. The van der Waals surface area contributed by atoms with Crippen LogP contribution in [0.5, 0.6) is 0 Å². The van der Waals surface area contributed by atoms with E-state index in [9.17, 15) is 9.59 Å². The Kier molecular flexibility index (Phi) is 9.01. The van der Waals surface area contributed by atoms with Crippen LogP contribution in [0.25, 0.3) is 0 Å². The Bertz CT molecular complexity index is 956. The van der Waals surface area contributed by atoms with Crippen LogP contribution >= 0.6 is 0 Å². The van der Waals surface area contributed by atoms with E-state index in [1.54, 1.807) is 23.6 Å². The molecule has 164 valence electrons. The molecule has 0 radical (unpaired) electrons. The molecule has 0 fully saturated rings. The summed E-state index contributed by atoms with van der Waals surface area (Å²) in [5, 5.41) is 0. The van der Waals surface area contributed by atoms with Gasteiger partial charge in [-0.25, -0.2) is 0 Å². The summed E-state index contributed by atoms with van der Waals surface area (Å²) in [6.45, 7) is 3.14. The van der Waals surface area contributed by atoms with Crippen LogP contribution in [0.2, 0.25) is 0 Å². The predicted molar refractivity (Wildman–Crippen MR) is 123 cm³/mol. The summed E-state index contributed by atoms with van der Waals surface area (Å²) >= 11 is 0. The number of amides is 2. The summed E-state index contributed by atoms with van der Waals surface area (Å²) in [6.07, 6.45) is 0.